The molecule has 1 amide bonds. The van der Waals surface area contributed by atoms with Crippen molar-refractivity contribution in [1.29, 1.82) is 0 Å². The van der Waals surface area contributed by atoms with Crippen molar-refractivity contribution in [2.24, 2.45) is 5.92 Å². The first kappa shape index (κ1) is 25.3. The smallest absolute Gasteiger partial charge is 0.306 e. The summed E-state index contributed by atoms with van der Waals surface area (Å²) in [5.41, 5.74) is 4.54. The van der Waals surface area contributed by atoms with Gasteiger partial charge in [-0.25, -0.2) is 14.4 Å². The number of nitrogens with one attached hydrogen (secondary N) is 1. The largest absolute Gasteiger partial charge is 0.481 e. The average Bonchev–Trinajstić information content (AvgIpc) is 2.87. The van der Waals surface area contributed by atoms with E-state index in [0.29, 0.717) is 52.1 Å². The number of carboxylic acid groups (broad SMARTS) is 1. The van der Waals surface area contributed by atoms with Crippen LogP contribution in [0, 0.1) is 11.7 Å². The van der Waals surface area contributed by atoms with E-state index >= 15 is 0 Å². The van der Waals surface area contributed by atoms with Gasteiger partial charge in [-0.1, -0.05) is 42.8 Å². The molecule has 6 nitrogen and oxygen atoms in total. The van der Waals surface area contributed by atoms with Crippen molar-refractivity contribution in [3.63, 3.8) is 0 Å². The van der Waals surface area contributed by atoms with Crippen LogP contribution in [0.2, 0.25) is 5.02 Å². The molecule has 2 N–H and O–H groups in total. The van der Waals surface area contributed by atoms with E-state index in [2.05, 4.69) is 5.32 Å². The van der Waals surface area contributed by atoms with Gasteiger partial charge >= 0.3 is 5.97 Å². The van der Waals surface area contributed by atoms with Crippen LogP contribution in [0.15, 0.2) is 66.7 Å². The first-order chi connectivity index (χ1) is 17.3. The molecular weight excluding hydrogens is 481 g/mol. The number of amides is 1. The minimum Gasteiger partial charge on any atom is -0.481 e. The van der Waals surface area contributed by atoms with Crippen LogP contribution in [-0.4, -0.2) is 27.0 Å². The molecule has 0 radical (unpaired) electrons. The molecule has 36 heavy (non-hydrogen) atoms. The van der Waals surface area contributed by atoms with Crippen LogP contribution in [0.3, 0.4) is 0 Å². The maximum atomic E-state index is 13.4. The van der Waals surface area contributed by atoms with E-state index in [1.807, 2.05) is 12.1 Å². The van der Waals surface area contributed by atoms with E-state index < -0.39 is 11.9 Å². The van der Waals surface area contributed by atoms with E-state index in [9.17, 15) is 19.1 Å². The van der Waals surface area contributed by atoms with Gasteiger partial charge in [0.1, 0.15) is 5.82 Å². The zero-order chi connectivity index (χ0) is 25.7. The van der Waals surface area contributed by atoms with E-state index in [0.717, 1.165) is 11.3 Å². The van der Waals surface area contributed by atoms with Gasteiger partial charge in [0.25, 0.3) is 5.91 Å². The highest BCUT2D eigenvalue weighted by Gasteiger charge is 2.16. The number of carbonyl (C=O) groups excluding carboxylic acids is 1. The molecule has 0 saturated carbocycles. The Bertz CT molecular complexity index is 1410. The van der Waals surface area contributed by atoms with Gasteiger partial charge in [0, 0.05) is 22.7 Å². The Morgan fingerprint density at radius 2 is 1.81 bits per heavy atom. The van der Waals surface area contributed by atoms with Crippen molar-refractivity contribution >= 4 is 34.5 Å². The van der Waals surface area contributed by atoms with Crippen LogP contribution in [0.1, 0.15) is 41.4 Å². The SMILES string of the molecule is CC(CCCc1nc2cc(C(=O)NCc3cccc(F)c3)ccc2nc1-c1ccc(Cl)cc1)C(=O)O. The molecule has 0 bridgehead atoms. The van der Waals surface area contributed by atoms with Crippen LogP contribution in [0.5, 0.6) is 0 Å². The number of carbonyl (C=O) groups is 2. The Morgan fingerprint density at radius 1 is 1.03 bits per heavy atom. The fourth-order valence-electron chi connectivity index (χ4n) is 3.88. The first-order valence-electron chi connectivity index (χ1n) is 11.6. The fourth-order valence-corrected chi connectivity index (χ4v) is 4.00. The molecule has 8 heteroatoms. The standard InChI is InChI=1S/C28H25ClFN3O3/c1-17(28(35)36)4-2-7-24-26(19-8-11-21(29)12-9-19)33-23-13-10-20(15-25(23)32-24)27(34)31-16-18-5-3-6-22(30)14-18/h3,5-6,8-15,17H,2,4,7,16H2,1H3,(H,31,34)(H,35,36). The molecule has 0 saturated heterocycles. The lowest BCUT2D eigenvalue weighted by Gasteiger charge is -2.12. The molecule has 1 unspecified atom stereocenters. The molecule has 0 aliphatic carbocycles. The van der Waals surface area contributed by atoms with Crippen LogP contribution < -0.4 is 5.32 Å². The molecule has 0 aliphatic rings. The molecular formula is C28H25ClFN3O3. The number of halogens is 2. The van der Waals surface area contributed by atoms with E-state index in [-0.39, 0.29) is 18.3 Å². The van der Waals surface area contributed by atoms with Crippen molar-refractivity contribution in [3.8, 4) is 11.3 Å². The molecule has 0 aliphatic heterocycles. The van der Waals surface area contributed by atoms with Gasteiger partial charge in [-0.3, -0.25) is 9.59 Å². The van der Waals surface area contributed by atoms with Crippen LogP contribution >= 0.6 is 11.6 Å². The third kappa shape index (κ3) is 6.23. The number of hydrogen-bond acceptors (Lipinski definition) is 4. The summed E-state index contributed by atoms with van der Waals surface area (Å²) >= 11 is 6.05. The molecule has 1 heterocycles. The average molecular weight is 506 g/mol. The molecule has 4 aromatic rings. The summed E-state index contributed by atoms with van der Waals surface area (Å²) < 4.78 is 13.4. The molecule has 0 fully saturated rings. The molecule has 0 spiro atoms. The maximum Gasteiger partial charge on any atom is 0.306 e. The lowest BCUT2D eigenvalue weighted by molar-refractivity contribution is -0.141. The summed E-state index contributed by atoms with van der Waals surface area (Å²) in [5.74, 6) is -1.94. The summed E-state index contributed by atoms with van der Waals surface area (Å²) in [4.78, 5) is 33.6. The fraction of sp³-hybridized carbons (Fsp3) is 0.214. The van der Waals surface area contributed by atoms with Gasteiger partial charge in [0.15, 0.2) is 0 Å². The second-order valence-corrected chi connectivity index (χ2v) is 9.11. The van der Waals surface area contributed by atoms with E-state index in [1.165, 1.54) is 12.1 Å². The minimum absolute atomic E-state index is 0.197. The molecule has 3 aromatic carbocycles. The van der Waals surface area contributed by atoms with Crippen LogP contribution in [0.4, 0.5) is 4.39 Å². The summed E-state index contributed by atoms with van der Waals surface area (Å²) in [6.07, 6.45) is 1.67. The second kappa shape index (κ2) is 11.3. The van der Waals surface area contributed by atoms with E-state index in [1.54, 1.807) is 49.4 Å². The van der Waals surface area contributed by atoms with Gasteiger partial charge in [-0.2, -0.15) is 0 Å². The lowest BCUT2D eigenvalue weighted by atomic mass is 10.0. The molecule has 184 valence electrons. The molecule has 4 rings (SSSR count). The highest BCUT2D eigenvalue weighted by atomic mass is 35.5. The second-order valence-electron chi connectivity index (χ2n) is 8.67. The molecule has 1 aromatic heterocycles. The Hall–Kier alpha value is -3.84. The number of aliphatic carboxylic acids is 1. The van der Waals surface area contributed by atoms with Crippen molar-refractivity contribution < 1.29 is 19.1 Å². The third-order valence-electron chi connectivity index (χ3n) is 5.93. The zero-order valence-electron chi connectivity index (χ0n) is 19.7. The first-order valence-corrected chi connectivity index (χ1v) is 12.0. The number of benzene rings is 3. The third-order valence-corrected chi connectivity index (χ3v) is 6.18. The predicted molar refractivity (Wildman–Crippen MR) is 137 cm³/mol. The van der Waals surface area contributed by atoms with Crippen LogP contribution in [0.25, 0.3) is 22.3 Å². The quantitative estimate of drug-likeness (QED) is 0.288. The summed E-state index contributed by atoms with van der Waals surface area (Å²) in [7, 11) is 0. The monoisotopic (exact) mass is 505 g/mol. The predicted octanol–water partition coefficient (Wildman–Crippen LogP) is 6.06. The number of aryl methyl sites for hydroxylation is 1. The Kier molecular flexibility index (Phi) is 7.90. The van der Waals surface area contributed by atoms with Crippen molar-refractivity contribution in [1.82, 2.24) is 15.3 Å². The lowest BCUT2D eigenvalue weighted by Crippen LogP contribution is -2.22. The van der Waals surface area contributed by atoms with Gasteiger partial charge in [0.05, 0.1) is 28.3 Å². The number of fused-ring (bicyclic) bond motifs is 1. The maximum absolute atomic E-state index is 13.4. The number of aromatic nitrogens is 2. The topological polar surface area (TPSA) is 92.2 Å². The number of rotatable bonds is 9. The van der Waals surface area contributed by atoms with Crippen molar-refractivity contribution in [2.75, 3.05) is 0 Å². The number of hydrogen-bond donors (Lipinski definition) is 2. The Balaban J connectivity index is 1.61. The Morgan fingerprint density at radius 3 is 2.53 bits per heavy atom. The van der Waals surface area contributed by atoms with Crippen molar-refractivity contribution in [3.05, 3.63) is 94.4 Å². The van der Waals surface area contributed by atoms with Gasteiger partial charge in [-0.15, -0.1) is 0 Å². The summed E-state index contributed by atoms with van der Waals surface area (Å²) in [6.45, 7) is 1.88. The molecule has 1 atom stereocenters. The zero-order valence-corrected chi connectivity index (χ0v) is 20.4. The van der Waals surface area contributed by atoms with Gasteiger partial charge in [0.2, 0.25) is 0 Å². The number of carboxylic acids is 1. The highest BCUT2D eigenvalue weighted by molar-refractivity contribution is 6.30. The summed E-state index contributed by atoms with van der Waals surface area (Å²) in [5, 5.41) is 12.6. The Labute approximate surface area is 213 Å². The van der Waals surface area contributed by atoms with Crippen molar-refractivity contribution in [2.45, 2.75) is 32.7 Å². The minimum atomic E-state index is -0.827. The van der Waals surface area contributed by atoms with E-state index in [4.69, 9.17) is 21.6 Å². The van der Waals surface area contributed by atoms with Gasteiger partial charge in [-0.05, 0) is 67.3 Å². The van der Waals surface area contributed by atoms with Gasteiger partial charge < -0.3 is 10.4 Å². The highest BCUT2D eigenvalue weighted by Crippen LogP contribution is 2.27. The summed E-state index contributed by atoms with van der Waals surface area (Å²) in [6, 6.07) is 18.5. The normalized spacial score (nSPS) is 11.9. The van der Waals surface area contributed by atoms with Crippen LogP contribution in [-0.2, 0) is 17.8 Å². The number of nitrogens with zero attached hydrogens (tertiary/aromatic N) is 2.